The number of ether oxygens (including phenoxy) is 2. The maximum absolute atomic E-state index is 11.5. The summed E-state index contributed by atoms with van der Waals surface area (Å²) >= 11 is 0. The molecule has 5 nitrogen and oxygen atoms in total. The maximum atomic E-state index is 11.5. The summed E-state index contributed by atoms with van der Waals surface area (Å²) in [6, 6.07) is 0. The molecule has 0 bridgehead atoms. The topological polar surface area (TPSA) is 42.0 Å². The average molecular weight is 242 g/mol. The summed E-state index contributed by atoms with van der Waals surface area (Å²) in [7, 11) is 3.60. The molecule has 0 aromatic rings. The normalized spacial score (nSPS) is 24.1. The number of hydrogen-bond acceptors (Lipinski definition) is 4. The van der Waals surface area contributed by atoms with Crippen LogP contribution in [-0.2, 0) is 14.3 Å². The van der Waals surface area contributed by atoms with Gasteiger partial charge in [0.25, 0.3) is 0 Å². The second-order valence-electron chi connectivity index (χ2n) is 4.99. The Kier molecular flexibility index (Phi) is 4.01. The van der Waals surface area contributed by atoms with Gasteiger partial charge in [-0.2, -0.15) is 0 Å². The van der Waals surface area contributed by atoms with Crippen molar-refractivity contribution in [1.29, 1.82) is 0 Å². The first-order valence-corrected chi connectivity index (χ1v) is 6.32. The van der Waals surface area contributed by atoms with E-state index in [0.717, 1.165) is 45.7 Å². The van der Waals surface area contributed by atoms with Crippen molar-refractivity contribution >= 4 is 5.91 Å². The Morgan fingerprint density at radius 3 is 2.35 bits per heavy atom. The van der Waals surface area contributed by atoms with Gasteiger partial charge >= 0.3 is 0 Å². The highest BCUT2D eigenvalue weighted by Crippen LogP contribution is 2.31. The molecular formula is C12H22N2O3. The van der Waals surface area contributed by atoms with Crippen molar-refractivity contribution in [2.45, 2.75) is 25.0 Å². The van der Waals surface area contributed by atoms with Crippen LogP contribution in [0.15, 0.2) is 0 Å². The number of rotatable bonds is 3. The standard InChI is InChI=1S/C12H22N2O3/c1-13(2)11(15)3-6-14-7-4-12(5-8-14)16-9-10-17-12/h3-10H2,1-2H3. The van der Waals surface area contributed by atoms with Crippen LogP contribution in [0.5, 0.6) is 0 Å². The molecule has 98 valence electrons. The Balaban J connectivity index is 1.70. The van der Waals surface area contributed by atoms with Crippen LogP contribution in [-0.4, -0.2) is 68.4 Å². The molecule has 1 amide bonds. The van der Waals surface area contributed by atoms with Gasteiger partial charge in [-0.25, -0.2) is 0 Å². The zero-order chi connectivity index (χ0) is 12.3. The lowest BCUT2D eigenvalue weighted by Gasteiger charge is -2.37. The van der Waals surface area contributed by atoms with Crippen molar-refractivity contribution in [2.24, 2.45) is 0 Å². The Morgan fingerprint density at radius 2 is 1.82 bits per heavy atom. The summed E-state index contributed by atoms with van der Waals surface area (Å²) in [5, 5.41) is 0. The van der Waals surface area contributed by atoms with Gasteiger partial charge in [-0.15, -0.1) is 0 Å². The summed E-state index contributed by atoms with van der Waals surface area (Å²) in [5.41, 5.74) is 0. The van der Waals surface area contributed by atoms with Gasteiger partial charge in [-0.1, -0.05) is 0 Å². The molecule has 1 spiro atoms. The third-order valence-corrected chi connectivity index (χ3v) is 3.57. The molecule has 0 saturated carbocycles. The van der Waals surface area contributed by atoms with Crippen LogP contribution in [0.3, 0.4) is 0 Å². The molecule has 17 heavy (non-hydrogen) atoms. The van der Waals surface area contributed by atoms with Crippen molar-refractivity contribution in [3.63, 3.8) is 0 Å². The fourth-order valence-corrected chi connectivity index (χ4v) is 2.38. The van der Waals surface area contributed by atoms with E-state index in [9.17, 15) is 4.79 Å². The minimum atomic E-state index is -0.304. The van der Waals surface area contributed by atoms with E-state index >= 15 is 0 Å². The Morgan fingerprint density at radius 1 is 1.24 bits per heavy atom. The van der Waals surface area contributed by atoms with Crippen LogP contribution in [0.1, 0.15) is 19.3 Å². The predicted molar refractivity (Wildman–Crippen MR) is 63.6 cm³/mol. The first-order chi connectivity index (χ1) is 8.11. The van der Waals surface area contributed by atoms with Gasteiger partial charge in [0.15, 0.2) is 5.79 Å². The van der Waals surface area contributed by atoms with Gasteiger partial charge in [-0.3, -0.25) is 4.79 Å². The molecule has 2 saturated heterocycles. The molecule has 5 heteroatoms. The summed E-state index contributed by atoms with van der Waals surface area (Å²) in [6.45, 7) is 4.20. The molecule has 0 radical (unpaired) electrons. The van der Waals surface area contributed by atoms with E-state index in [1.54, 1.807) is 19.0 Å². The summed E-state index contributed by atoms with van der Waals surface area (Å²) in [5.74, 6) is -0.110. The van der Waals surface area contributed by atoms with E-state index in [0.29, 0.717) is 6.42 Å². The molecule has 0 N–H and O–H groups in total. The second kappa shape index (κ2) is 5.33. The minimum Gasteiger partial charge on any atom is -0.349 e. The summed E-state index contributed by atoms with van der Waals surface area (Å²) in [4.78, 5) is 15.4. The molecule has 2 fully saturated rings. The van der Waals surface area contributed by atoms with Gasteiger partial charge < -0.3 is 19.3 Å². The smallest absolute Gasteiger partial charge is 0.223 e. The number of amides is 1. The van der Waals surface area contributed by atoms with E-state index < -0.39 is 0 Å². The average Bonchev–Trinajstić information content (AvgIpc) is 2.76. The molecule has 2 rings (SSSR count). The molecule has 0 aromatic carbocycles. The third kappa shape index (κ3) is 3.18. The number of hydrogen-bond donors (Lipinski definition) is 0. The van der Waals surface area contributed by atoms with Crippen LogP contribution in [0.2, 0.25) is 0 Å². The van der Waals surface area contributed by atoms with Crippen LogP contribution in [0, 0.1) is 0 Å². The molecule has 2 aliphatic heterocycles. The van der Waals surface area contributed by atoms with Crippen LogP contribution < -0.4 is 0 Å². The monoisotopic (exact) mass is 242 g/mol. The first kappa shape index (κ1) is 12.8. The SMILES string of the molecule is CN(C)C(=O)CCN1CCC2(CC1)OCCO2. The van der Waals surface area contributed by atoms with Crippen LogP contribution in [0.4, 0.5) is 0 Å². The maximum Gasteiger partial charge on any atom is 0.223 e. The van der Waals surface area contributed by atoms with Crippen molar-refractivity contribution in [3.05, 3.63) is 0 Å². The van der Waals surface area contributed by atoms with E-state index in [1.165, 1.54) is 0 Å². The fraction of sp³-hybridized carbons (Fsp3) is 0.917. The van der Waals surface area contributed by atoms with Crippen LogP contribution in [0.25, 0.3) is 0 Å². The van der Waals surface area contributed by atoms with Crippen molar-refractivity contribution in [3.8, 4) is 0 Å². The highest BCUT2D eigenvalue weighted by atomic mass is 16.7. The number of piperidine rings is 1. The van der Waals surface area contributed by atoms with Gasteiger partial charge in [0.2, 0.25) is 5.91 Å². The molecule has 0 aromatic heterocycles. The van der Waals surface area contributed by atoms with Crippen LogP contribution >= 0.6 is 0 Å². The molecule has 0 unspecified atom stereocenters. The van der Waals surface area contributed by atoms with Crippen molar-refractivity contribution in [2.75, 3.05) is 46.9 Å². The summed E-state index contributed by atoms with van der Waals surface area (Å²) in [6.07, 6.45) is 2.44. The highest BCUT2D eigenvalue weighted by molar-refractivity contribution is 5.75. The number of carbonyl (C=O) groups is 1. The number of likely N-dealkylation sites (tertiary alicyclic amines) is 1. The molecular weight excluding hydrogens is 220 g/mol. The molecule has 2 heterocycles. The van der Waals surface area contributed by atoms with Gasteiger partial charge in [0, 0.05) is 53.0 Å². The second-order valence-corrected chi connectivity index (χ2v) is 4.99. The molecule has 2 aliphatic rings. The van der Waals surface area contributed by atoms with E-state index in [-0.39, 0.29) is 11.7 Å². The predicted octanol–water partition coefficient (Wildman–Crippen LogP) is 0.304. The third-order valence-electron chi connectivity index (χ3n) is 3.57. The zero-order valence-corrected chi connectivity index (χ0v) is 10.8. The Labute approximate surface area is 103 Å². The lowest BCUT2D eigenvalue weighted by Crippen LogP contribution is -2.45. The lowest BCUT2D eigenvalue weighted by molar-refractivity contribution is -0.185. The van der Waals surface area contributed by atoms with Crippen molar-refractivity contribution < 1.29 is 14.3 Å². The Hall–Kier alpha value is -0.650. The highest BCUT2D eigenvalue weighted by Gasteiger charge is 2.39. The Bertz CT molecular complexity index is 265. The fourth-order valence-electron chi connectivity index (χ4n) is 2.38. The minimum absolute atomic E-state index is 0.193. The van der Waals surface area contributed by atoms with E-state index in [1.807, 2.05) is 0 Å². The van der Waals surface area contributed by atoms with E-state index in [4.69, 9.17) is 9.47 Å². The lowest BCUT2D eigenvalue weighted by atomic mass is 10.0. The van der Waals surface area contributed by atoms with Gasteiger partial charge in [0.05, 0.1) is 13.2 Å². The van der Waals surface area contributed by atoms with Gasteiger partial charge in [-0.05, 0) is 0 Å². The number of carbonyl (C=O) groups excluding carboxylic acids is 1. The van der Waals surface area contributed by atoms with Gasteiger partial charge in [0.1, 0.15) is 0 Å². The molecule has 0 aliphatic carbocycles. The quantitative estimate of drug-likeness (QED) is 0.714. The molecule has 0 atom stereocenters. The zero-order valence-electron chi connectivity index (χ0n) is 10.8. The van der Waals surface area contributed by atoms with E-state index in [2.05, 4.69) is 4.90 Å². The largest absolute Gasteiger partial charge is 0.349 e. The number of nitrogens with zero attached hydrogens (tertiary/aromatic N) is 2. The first-order valence-electron chi connectivity index (χ1n) is 6.32. The summed E-state index contributed by atoms with van der Waals surface area (Å²) < 4.78 is 11.3. The van der Waals surface area contributed by atoms with Crippen molar-refractivity contribution in [1.82, 2.24) is 9.80 Å².